The first kappa shape index (κ1) is 24.3. The first-order valence-electron chi connectivity index (χ1n) is 10.9. The van der Waals surface area contributed by atoms with Crippen LogP contribution in [0.1, 0.15) is 24.0 Å². The molecule has 4 rings (SSSR count). The van der Waals surface area contributed by atoms with Gasteiger partial charge >= 0.3 is 0 Å². The van der Waals surface area contributed by atoms with Crippen LogP contribution in [0.2, 0.25) is 0 Å². The summed E-state index contributed by atoms with van der Waals surface area (Å²) >= 11 is 1.25. The molecule has 1 saturated heterocycles. The highest BCUT2D eigenvalue weighted by Crippen LogP contribution is 2.30. The Hall–Kier alpha value is -2.82. The number of carbonyl (C=O) groups excluding carboxylic acids is 1. The first-order chi connectivity index (χ1) is 16.2. The van der Waals surface area contributed by atoms with Crippen molar-refractivity contribution in [3.05, 3.63) is 58.7 Å². The molecule has 1 aliphatic heterocycles. The Morgan fingerprint density at radius 1 is 1.15 bits per heavy atom. The van der Waals surface area contributed by atoms with Crippen molar-refractivity contribution in [2.75, 3.05) is 25.5 Å². The van der Waals surface area contributed by atoms with E-state index in [1.54, 1.807) is 23.6 Å². The first-order valence-corrected chi connectivity index (χ1v) is 13.2. The molecule has 7 nitrogen and oxygen atoms in total. The number of amides is 1. The Kier molecular flexibility index (Phi) is 7.01. The third-order valence-electron chi connectivity index (χ3n) is 6.12. The number of thiazole rings is 1. The molecule has 180 valence electrons. The monoisotopic (exact) mass is 503 g/mol. The summed E-state index contributed by atoms with van der Waals surface area (Å²) in [5, 5.41) is 4.98. The number of rotatable bonds is 6. The van der Waals surface area contributed by atoms with Gasteiger partial charge in [0, 0.05) is 30.0 Å². The van der Waals surface area contributed by atoms with Gasteiger partial charge in [-0.2, -0.15) is 4.31 Å². The predicted molar refractivity (Wildman–Crippen MR) is 130 cm³/mol. The van der Waals surface area contributed by atoms with Crippen molar-refractivity contribution in [1.82, 2.24) is 9.29 Å². The SMILES string of the molecule is COc1ccc(-c2csc(NC(=O)C3CCN(S(=O)(=O)c4ccc(C)c(C)c4)CC3)n2)cc1F. The molecule has 1 amide bonds. The van der Waals surface area contributed by atoms with Crippen LogP contribution in [0.5, 0.6) is 5.75 Å². The highest BCUT2D eigenvalue weighted by Gasteiger charge is 2.32. The molecular formula is C24H26FN3O4S2. The maximum absolute atomic E-state index is 14.0. The number of hydrogen-bond donors (Lipinski definition) is 1. The standard InChI is InChI=1S/C24H26FN3O4S2/c1-15-4-6-19(12-16(15)2)34(30,31)28-10-8-17(9-11-28)23(29)27-24-26-21(14-33-24)18-5-7-22(32-3)20(25)13-18/h4-7,12-14,17H,8-11H2,1-3H3,(H,26,27,29). The molecule has 1 aliphatic rings. The normalized spacial score (nSPS) is 15.3. The van der Waals surface area contributed by atoms with Crippen LogP contribution in [-0.2, 0) is 14.8 Å². The molecule has 0 spiro atoms. The Bertz CT molecular complexity index is 1320. The number of halogens is 1. The lowest BCUT2D eigenvalue weighted by atomic mass is 9.97. The van der Waals surface area contributed by atoms with Gasteiger partial charge in [0.2, 0.25) is 15.9 Å². The fraction of sp³-hybridized carbons (Fsp3) is 0.333. The van der Waals surface area contributed by atoms with E-state index in [1.807, 2.05) is 19.9 Å². The zero-order valence-electron chi connectivity index (χ0n) is 19.2. The van der Waals surface area contributed by atoms with Crippen LogP contribution in [-0.4, -0.2) is 43.8 Å². The van der Waals surface area contributed by atoms with Crippen LogP contribution in [0.25, 0.3) is 11.3 Å². The summed E-state index contributed by atoms with van der Waals surface area (Å²) in [7, 11) is -2.19. The lowest BCUT2D eigenvalue weighted by Crippen LogP contribution is -2.41. The van der Waals surface area contributed by atoms with Crippen molar-refractivity contribution < 1.29 is 22.3 Å². The van der Waals surface area contributed by atoms with Crippen molar-refractivity contribution >= 4 is 32.4 Å². The molecule has 1 fully saturated rings. The second kappa shape index (κ2) is 9.81. The van der Waals surface area contributed by atoms with E-state index in [1.165, 1.54) is 34.9 Å². The number of nitrogens with zero attached hydrogens (tertiary/aromatic N) is 2. The van der Waals surface area contributed by atoms with Gasteiger partial charge in [0.25, 0.3) is 0 Å². The van der Waals surface area contributed by atoms with Gasteiger partial charge in [-0.1, -0.05) is 6.07 Å². The average Bonchev–Trinajstić information content (AvgIpc) is 3.29. The number of carbonyl (C=O) groups is 1. The van der Waals surface area contributed by atoms with Crippen molar-refractivity contribution in [2.45, 2.75) is 31.6 Å². The molecule has 1 aromatic heterocycles. The topological polar surface area (TPSA) is 88.6 Å². The van der Waals surface area contributed by atoms with E-state index in [0.29, 0.717) is 29.2 Å². The fourth-order valence-electron chi connectivity index (χ4n) is 3.88. The number of hydrogen-bond acceptors (Lipinski definition) is 6. The van der Waals surface area contributed by atoms with Gasteiger partial charge in [-0.15, -0.1) is 11.3 Å². The summed E-state index contributed by atoms with van der Waals surface area (Å²) in [6.07, 6.45) is 0.857. The second-order valence-electron chi connectivity index (χ2n) is 8.30. The highest BCUT2D eigenvalue weighted by atomic mass is 32.2. The number of methoxy groups -OCH3 is 1. The van der Waals surface area contributed by atoms with E-state index < -0.39 is 15.8 Å². The average molecular weight is 504 g/mol. The van der Waals surface area contributed by atoms with Gasteiger partial charge < -0.3 is 10.1 Å². The number of anilines is 1. The second-order valence-corrected chi connectivity index (χ2v) is 11.1. The molecule has 0 saturated carbocycles. The fourth-order valence-corrected chi connectivity index (χ4v) is 6.16. The molecule has 10 heteroatoms. The van der Waals surface area contributed by atoms with E-state index in [9.17, 15) is 17.6 Å². The molecule has 1 N–H and O–H groups in total. The molecule has 0 unspecified atom stereocenters. The zero-order valence-corrected chi connectivity index (χ0v) is 20.8. The van der Waals surface area contributed by atoms with Crippen LogP contribution in [0.15, 0.2) is 46.7 Å². The zero-order chi connectivity index (χ0) is 24.5. The molecule has 0 radical (unpaired) electrons. The summed E-state index contributed by atoms with van der Waals surface area (Å²) in [4.78, 5) is 17.4. The largest absolute Gasteiger partial charge is 0.494 e. The van der Waals surface area contributed by atoms with Crippen molar-refractivity contribution in [1.29, 1.82) is 0 Å². The van der Waals surface area contributed by atoms with E-state index in [4.69, 9.17) is 4.74 Å². The lowest BCUT2D eigenvalue weighted by Gasteiger charge is -2.30. The summed E-state index contributed by atoms with van der Waals surface area (Å²) < 4.78 is 46.4. The minimum absolute atomic E-state index is 0.151. The predicted octanol–water partition coefficient (Wildman–Crippen LogP) is 4.61. The summed E-state index contributed by atoms with van der Waals surface area (Å²) in [5.74, 6) is -0.832. The minimum atomic E-state index is -3.59. The summed E-state index contributed by atoms with van der Waals surface area (Å²) in [5.41, 5.74) is 3.10. The number of sulfonamides is 1. The highest BCUT2D eigenvalue weighted by molar-refractivity contribution is 7.89. The van der Waals surface area contributed by atoms with Crippen LogP contribution < -0.4 is 10.1 Å². The lowest BCUT2D eigenvalue weighted by molar-refractivity contribution is -0.120. The van der Waals surface area contributed by atoms with E-state index >= 15 is 0 Å². The Morgan fingerprint density at radius 2 is 1.88 bits per heavy atom. The van der Waals surface area contributed by atoms with Crippen molar-refractivity contribution in [3.8, 4) is 17.0 Å². The molecular weight excluding hydrogens is 477 g/mol. The maximum atomic E-state index is 14.0. The third-order valence-corrected chi connectivity index (χ3v) is 8.78. The van der Waals surface area contributed by atoms with Crippen molar-refractivity contribution in [2.24, 2.45) is 5.92 Å². The van der Waals surface area contributed by atoms with Gasteiger partial charge in [0.1, 0.15) is 0 Å². The Balaban J connectivity index is 1.37. The van der Waals surface area contributed by atoms with Gasteiger partial charge in [0.05, 0.1) is 17.7 Å². The molecule has 0 aliphatic carbocycles. The van der Waals surface area contributed by atoms with E-state index in [2.05, 4.69) is 10.3 Å². The van der Waals surface area contributed by atoms with Gasteiger partial charge in [-0.05, 0) is 68.1 Å². The molecule has 34 heavy (non-hydrogen) atoms. The number of ether oxygens (including phenoxy) is 1. The smallest absolute Gasteiger partial charge is 0.243 e. The van der Waals surface area contributed by atoms with Crippen LogP contribution in [0, 0.1) is 25.6 Å². The van der Waals surface area contributed by atoms with Gasteiger partial charge in [-0.3, -0.25) is 4.79 Å². The van der Waals surface area contributed by atoms with Crippen LogP contribution >= 0.6 is 11.3 Å². The van der Waals surface area contributed by atoms with Crippen LogP contribution in [0.3, 0.4) is 0 Å². The molecule has 0 bridgehead atoms. The number of aryl methyl sites for hydroxylation is 2. The number of piperidine rings is 1. The minimum Gasteiger partial charge on any atom is -0.494 e. The summed E-state index contributed by atoms with van der Waals surface area (Å²) in [6, 6.07) is 9.70. The molecule has 3 aromatic rings. The van der Waals surface area contributed by atoms with Crippen molar-refractivity contribution in [3.63, 3.8) is 0 Å². The quantitative estimate of drug-likeness (QED) is 0.531. The summed E-state index contributed by atoms with van der Waals surface area (Å²) in [6.45, 7) is 4.39. The van der Waals surface area contributed by atoms with Gasteiger partial charge in [0.15, 0.2) is 16.7 Å². The van der Waals surface area contributed by atoms with E-state index in [-0.39, 0.29) is 35.6 Å². The molecule has 2 aromatic carbocycles. The number of aromatic nitrogens is 1. The van der Waals surface area contributed by atoms with Gasteiger partial charge in [-0.25, -0.2) is 17.8 Å². The number of benzene rings is 2. The Labute approximate surface area is 202 Å². The maximum Gasteiger partial charge on any atom is 0.243 e. The van der Waals surface area contributed by atoms with Crippen LogP contribution in [0.4, 0.5) is 9.52 Å². The number of nitrogens with one attached hydrogen (secondary N) is 1. The Morgan fingerprint density at radius 3 is 2.53 bits per heavy atom. The molecule has 2 heterocycles. The van der Waals surface area contributed by atoms with E-state index in [0.717, 1.165) is 11.1 Å². The molecule has 0 atom stereocenters. The third kappa shape index (κ3) is 4.98.